The molecule has 0 radical (unpaired) electrons. The van der Waals surface area contributed by atoms with Gasteiger partial charge in [-0.3, -0.25) is 15.3 Å². The number of aliphatic hydroxyl groups is 1. The van der Waals surface area contributed by atoms with Gasteiger partial charge in [-0.2, -0.15) is 0 Å². The fraction of sp³-hybridized carbons (Fsp3) is 0.421. The van der Waals surface area contributed by atoms with Gasteiger partial charge >= 0.3 is 11.9 Å². The van der Waals surface area contributed by atoms with Crippen molar-refractivity contribution >= 4 is 34.6 Å². The second-order valence-corrected chi connectivity index (χ2v) is 7.78. The Morgan fingerprint density at radius 2 is 2.10 bits per heavy atom. The summed E-state index contributed by atoms with van der Waals surface area (Å²) in [6.45, 7) is 8.15. The maximum Gasteiger partial charge on any atom is 0.314 e. The summed E-state index contributed by atoms with van der Waals surface area (Å²) in [5.41, 5.74) is 2.15. The number of aromatic nitrogens is 1. The third kappa shape index (κ3) is 5.53. The Balaban J connectivity index is 2.43. The summed E-state index contributed by atoms with van der Waals surface area (Å²) in [7, 11) is 0. The predicted octanol–water partition coefficient (Wildman–Crippen LogP) is 2.80. The van der Waals surface area contributed by atoms with Crippen LogP contribution in [0.3, 0.4) is 0 Å². The zero-order chi connectivity index (χ0) is 22.0. The summed E-state index contributed by atoms with van der Waals surface area (Å²) < 4.78 is 29.5. The van der Waals surface area contributed by atoms with Crippen molar-refractivity contribution in [1.29, 1.82) is 0 Å². The van der Waals surface area contributed by atoms with Crippen LogP contribution in [-0.2, 0) is 24.8 Å². The maximum absolute atomic E-state index is 14.1. The van der Waals surface area contributed by atoms with Crippen molar-refractivity contribution in [2.45, 2.75) is 38.5 Å². The fourth-order valence-electron chi connectivity index (χ4n) is 2.49. The van der Waals surface area contributed by atoms with Gasteiger partial charge < -0.3 is 19.0 Å². The highest BCUT2D eigenvalue weighted by Gasteiger charge is 2.47. The lowest BCUT2D eigenvalue weighted by Crippen LogP contribution is -2.49. The van der Waals surface area contributed by atoms with E-state index in [9.17, 15) is 19.1 Å². The first-order valence-electron chi connectivity index (χ1n) is 8.62. The zero-order valence-corrected chi connectivity index (χ0v) is 17.0. The summed E-state index contributed by atoms with van der Waals surface area (Å²) in [6.07, 6.45) is 0.664. The number of oxazole rings is 1. The van der Waals surface area contributed by atoms with E-state index in [1.165, 1.54) is 12.1 Å². The summed E-state index contributed by atoms with van der Waals surface area (Å²) in [6, 6.07) is 2.27. The lowest BCUT2D eigenvalue weighted by atomic mass is 9.92. The van der Waals surface area contributed by atoms with Crippen molar-refractivity contribution in [3.63, 3.8) is 0 Å². The largest absolute Gasteiger partial charge is 0.461 e. The van der Waals surface area contributed by atoms with Crippen LogP contribution in [0.1, 0.15) is 33.1 Å². The van der Waals surface area contributed by atoms with Crippen molar-refractivity contribution in [1.82, 2.24) is 4.98 Å². The molecule has 0 spiro atoms. The molecule has 29 heavy (non-hydrogen) atoms. The highest BCUT2D eigenvalue weighted by molar-refractivity contribution is 6.31. The van der Waals surface area contributed by atoms with Crippen LogP contribution in [0.5, 0.6) is 0 Å². The quantitative estimate of drug-likeness (QED) is 0.392. The van der Waals surface area contributed by atoms with E-state index < -0.39 is 47.3 Å². The van der Waals surface area contributed by atoms with E-state index in [2.05, 4.69) is 11.6 Å². The van der Waals surface area contributed by atoms with Gasteiger partial charge in [0.05, 0.1) is 6.42 Å². The SMILES string of the molecule is C=CCOC(=O)C(CC(=O)OC(C)(C)C)C(N)(O)c1nc2c(F)cc(Cl)cc2o1. The van der Waals surface area contributed by atoms with E-state index in [0.29, 0.717) is 0 Å². The van der Waals surface area contributed by atoms with Crippen molar-refractivity contribution < 1.29 is 33.0 Å². The van der Waals surface area contributed by atoms with Gasteiger partial charge in [0, 0.05) is 11.1 Å². The molecule has 0 saturated heterocycles. The molecule has 0 bridgehead atoms. The molecule has 2 unspecified atom stereocenters. The van der Waals surface area contributed by atoms with Crippen LogP contribution in [0.4, 0.5) is 4.39 Å². The smallest absolute Gasteiger partial charge is 0.314 e. The van der Waals surface area contributed by atoms with E-state index in [4.69, 9.17) is 31.2 Å². The standard InChI is InChI=1S/C19H22ClFN2O6/c1-5-6-27-16(25)11(9-14(24)29-18(2,3)4)19(22,26)17-23-15-12(21)7-10(20)8-13(15)28-17/h5,7-8,11,26H,1,6,9,22H2,2-4H3. The van der Waals surface area contributed by atoms with Crippen LogP contribution in [0.15, 0.2) is 29.2 Å². The van der Waals surface area contributed by atoms with E-state index in [1.54, 1.807) is 20.8 Å². The topological polar surface area (TPSA) is 125 Å². The van der Waals surface area contributed by atoms with Gasteiger partial charge in [-0.05, 0) is 26.8 Å². The predicted molar refractivity (Wildman–Crippen MR) is 102 cm³/mol. The van der Waals surface area contributed by atoms with E-state index in [-0.39, 0.29) is 22.7 Å². The Hall–Kier alpha value is -2.49. The minimum absolute atomic E-state index is 0.0361. The highest BCUT2D eigenvalue weighted by Crippen LogP contribution is 2.32. The third-order valence-electron chi connectivity index (χ3n) is 3.71. The normalized spacial score (nSPS) is 14.9. The Kier molecular flexibility index (Phi) is 6.67. The molecule has 1 heterocycles. The number of hydrogen-bond donors (Lipinski definition) is 2. The molecule has 10 heteroatoms. The number of halogens is 2. The Morgan fingerprint density at radius 3 is 2.69 bits per heavy atom. The maximum atomic E-state index is 14.1. The molecule has 0 amide bonds. The molecule has 0 aliphatic heterocycles. The molecule has 1 aromatic carbocycles. The summed E-state index contributed by atoms with van der Waals surface area (Å²) in [5, 5.41) is 10.9. The van der Waals surface area contributed by atoms with Crippen molar-refractivity contribution in [3.05, 3.63) is 41.5 Å². The Morgan fingerprint density at radius 1 is 1.45 bits per heavy atom. The fourth-order valence-corrected chi connectivity index (χ4v) is 2.68. The van der Waals surface area contributed by atoms with Crippen LogP contribution in [0.2, 0.25) is 5.02 Å². The monoisotopic (exact) mass is 428 g/mol. The van der Waals surface area contributed by atoms with Gasteiger partial charge in [-0.1, -0.05) is 24.3 Å². The van der Waals surface area contributed by atoms with Crippen molar-refractivity contribution in [3.8, 4) is 0 Å². The first kappa shape index (κ1) is 22.8. The van der Waals surface area contributed by atoms with Crippen LogP contribution < -0.4 is 5.73 Å². The van der Waals surface area contributed by atoms with Gasteiger partial charge in [-0.15, -0.1) is 0 Å². The average Bonchev–Trinajstić information content (AvgIpc) is 3.01. The molecule has 2 aromatic rings. The second-order valence-electron chi connectivity index (χ2n) is 7.34. The van der Waals surface area contributed by atoms with Crippen molar-refractivity contribution in [2.24, 2.45) is 11.7 Å². The third-order valence-corrected chi connectivity index (χ3v) is 3.92. The number of fused-ring (bicyclic) bond motifs is 1. The number of carbonyl (C=O) groups is 2. The van der Waals surface area contributed by atoms with Gasteiger partial charge in [0.1, 0.15) is 23.6 Å². The Bertz CT molecular complexity index is 935. The Labute approximate surface area is 171 Å². The first-order chi connectivity index (χ1) is 13.3. The van der Waals surface area contributed by atoms with Gasteiger partial charge in [-0.25, -0.2) is 9.37 Å². The molecule has 2 rings (SSSR count). The van der Waals surface area contributed by atoms with Gasteiger partial charge in [0.15, 0.2) is 11.4 Å². The van der Waals surface area contributed by atoms with E-state index >= 15 is 0 Å². The average molecular weight is 429 g/mol. The molecule has 0 fully saturated rings. The number of esters is 2. The summed E-state index contributed by atoms with van der Waals surface area (Å²) in [4.78, 5) is 28.6. The highest BCUT2D eigenvalue weighted by atomic mass is 35.5. The molecular weight excluding hydrogens is 407 g/mol. The minimum Gasteiger partial charge on any atom is -0.461 e. The number of benzene rings is 1. The summed E-state index contributed by atoms with van der Waals surface area (Å²) >= 11 is 5.78. The van der Waals surface area contributed by atoms with E-state index in [0.717, 1.165) is 6.07 Å². The van der Waals surface area contributed by atoms with Gasteiger partial charge in [0.2, 0.25) is 11.6 Å². The number of ether oxygens (including phenoxy) is 2. The summed E-state index contributed by atoms with van der Waals surface area (Å²) in [5.74, 6) is -4.87. The second kappa shape index (κ2) is 8.48. The molecule has 158 valence electrons. The molecule has 0 aliphatic carbocycles. The molecule has 2 atom stereocenters. The van der Waals surface area contributed by atoms with E-state index in [1.807, 2.05) is 0 Å². The molecular formula is C19H22ClFN2O6. The molecule has 1 aromatic heterocycles. The zero-order valence-electron chi connectivity index (χ0n) is 16.2. The van der Waals surface area contributed by atoms with Crippen LogP contribution in [-0.4, -0.2) is 34.2 Å². The number of nitrogens with two attached hydrogens (primary N) is 1. The minimum atomic E-state index is -2.60. The van der Waals surface area contributed by atoms with Crippen LogP contribution in [0.25, 0.3) is 11.1 Å². The number of hydrogen-bond acceptors (Lipinski definition) is 8. The lowest BCUT2D eigenvalue weighted by molar-refractivity contribution is -0.172. The van der Waals surface area contributed by atoms with Crippen LogP contribution >= 0.6 is 11.6 Å². The molecule has 3 N–H and O–H groups in total. The first-order valence-corrected chi connectivity index (χ1v) is 8.99. The lowest BCUT2D eigenvalue weighted by Gasteiger charge is -2.28. The number of rotatable bonds is 7. The number of nitrogens with zero attached hydrogens (tertiary/aromatic N) is 1. The van der Waals surface area contributed by atoms with Crippen molar-refractivity contribution in [2.75, 3.05) is 6.61 Å². The number of carbonyl (C=O) groups excluding carboxylic acids is 2. The molecule has 0 aliphatic rings. The molecule has 8 nitrogen and oxygen atoms in total. The molecule has 0 saturated carbocycles. The van der Waals surface area contributed by atoms with Crippen LogP contribution in [0, 0.1) is 11.7 Å². The van der Waals surface area contributed by atoms with Gasteiger partial charge in [0.25, 0.3) is 0 Å².